The quantitative estimate of drug-likeness (QED) is 0.886. The van der Waals surface area contributed by atoms with Crippen LogP contribution in [0.3, 0.4) is 0 Å². The van der Waals surface area contributed by atoms with Crippen molar-refractivity contribution in [1.82, 2.24) is 5.32 Å². The zero-order chi connectivity index (χ0) is 14.5. The van der Waals surface area contributed by atoms with E-state index in [1.165, 1.54) is 0 Å². The topological polar surface area (TPSA) is 52.6 Å². The van der Waals surface area contributed by atoms with Crippen molar-refractivity contribution in [3.8, 4) is 0 Å². The van der Waals surface area contributed by atoms with Crippen molar-refractivity contribution in [2.75, 3.05) is 18.5 Å². The maximum absolute atomic E-state index is 12.1. The summed E-state index contributed by atoms with van der Waals surface area (Å²) in [5.74, 6) is 0.0606. The molecule has 110 valence electrons. The lowest BCUT2D eigenvalue weighted by Crippen LogP contribution is -2.49. The van der Waals surface area contributed by atoms with Crippen LogP contribution < -0.4 is 10.2 Å². The van der Waals surface area contributed by atoms with E-state index in [1.54, 1.807) is 7.05 Å². The molecule has 0 aliphatic carbocycles. The fraction of sp³-hybridized carbons (Fsp3) is 0.562. The average molecular weight is 276 g/mol. The number of hydrogen-bond acceptors (Lipinski definition) is 3. The number of rotatable bonds is 4. The summed E-state index contributed by atoms with van der Waals surface area (Å²) in [4.78, 5) is 14.2. The Morgan fingerprint density at radius 2 is 2.20 bits per heavy atom. The maximum Gasteiger partial charge on any atom is 0.242 e. The molecule has 4 nitrogen and oxygen atoms in total. The normalized spacial score (nSPS) is 20.6. The smallest absolute Gasteiger partial charge is 0.242 e. The Hall–Kier alpha value is -1.55. The molecule has 0 aromatic heterocycles. The fourth-order valence-electron chi connectivity index (χ4n) is 2.91. The minimum atomic E-state index is -0.474. The number of para-hydroxylation sites is 1. The van der Waals surface area contributed by atoms with Crippen LogP contribution >= 0.6 is 0 Å². The molecular formula is C16H24N2O2. The molecule has 1 fully saturated rings. The third kappa shape index (κ3) is 2.96. The molecule has 1 aromatic rings. The molecule has 1 aromatic carbocycles. The molecule has 2 atom stereocenters. The molecule has 1 aliphatic rings. The highest BCUT2D eigenvalue weighted by atomic mass is 16.3. The van der Waals surface area contributed by atoms with Crippen molar-refractivity contribution in [3.05, 3.63) is 29.8 Å². The predicted molar refractivity (Wildman–Crippen MR) is 80.7 cm³/mol. The minimum absolute atomic E-state index is 0.0606. The van der Waals surface area contributed by atoms with E-state index in [1.807, 2.05) is 31.2 Å². The summed E-state index contributed by atoms with van der Waals surface area (Å²) in [7, 11) is 1.68. The standard InChI is InChI=1S/C16H24N2O2/c1-3-15(19)12-8-4-5-9-13(12)18-11-7-6-10-14(18)16(20)17-2/h4-5,8-9,14-15,19H,3,6-7,10-11H2,1-2H3,(H,17,20)/t14?,15-/m0/s1. The summed E-state index contributed by atoms with van der Waals surface area (Å²) in [5.41, 5.74) is 1.92. The minimum Gasteiger partial charge on any atom is -0.388 e. The van der Waals surface area contributed by atoms with E-state index in [0.29, 0.717) is 6.42 Å². The highest BCUT2D eigenvalue weighted by Crippen LogP contribution is 2.32. The van der Waals surface area contributed by atoms with Gasteiger partial charge in [0.15, 0.2) is 0 Å². The van der Waals surface area contributed by atoms with Gasteiger partial charge in [-0.2, -0.15) is 0 Å². The summed E-state index contributed by atoms with van der Waals surface area (Å²) in [6, 6.07) is 7.75. The van der Waals surface area contributed by atoms with E-state index in [2.05, 4.69) is 10.2 Å². The van der Waals surface area contributed by atoms with Gasteiger partial charge in [-0.25, -0.2) is 0 Å². The van der Waals surface area contributed by atoms with Crippen LogP contribution in [0.2, 0.25) is 0 Å². The highest BCUT2D eigenvalue weighted by molar-refractivity contribution is 5.85. The van der Waals surface area contributed by atoms with E-state index in [4.69, 9.17) is 0 Å². The number of amides is 1. The second-order valence-corrected chi connectivity index (χ2v) is 5.30. The summed E-state index contributed by atoms with van der Waals surface area (Å²) in [6.07, 6.45) is 3.24. The van der Waals surface area contributed by atoms with Crippen molar-refractivity contribution in [2.45, 2.75) is 44.8 Å². The van der Waals surface area contributed by atoms with Gasteiger partial charge in [-0.1, -0.05) is 25.1 Å². The Morgan fingerprint density at radius 3 is 2.90 bits per heavy atom. The Morgan fingerprint density at radius 1 is 1.45 bits per heavy atom. The van der Waals surface area contributed by atoms with Crippen LogP contribution in [-0.4, -0.2) is 30.6 Å². The van der Waals surface area contributed by atoms with Crippen LogP contribution in [0.4, 0.5) is 5.69 Å². The van der Waals surface area contributed by atoms with Crippen molar-refractivity contribution < 1.29 is 9.90 Å². The van der Waals surface area contributed by atoms with E-state index >= 15 is 0 Å². The third-order valence-electron chi connectivity index (χ3n) is 4.04. The molecule has 4 heteroatoms. The summed E-state index contributed by atoms with van der Waals surface area (Å²) in [5, 5.41) is 12.9. The molecule has 0 bridgehead atoms. The Balaban J connectivity index is 2.35. The van der Waals surface area contributed by atoms with Gasteiger partial charge in [0.05, 0.1) is 6.10 Å². The molecule has 0 radical (unpaired) electrons. The number of anilines is 1. The molecule has 1 heterocycles. The van der Waals surface area contributed by atoms with Gasteiger partial charge in [0, 0.05) is 24.8 Å². The van der Waals surface area contributed by atoms with Crippen LogP contribution in [0, 0.1) is 0 Å². The van der Waals surface area contributed by atoms with Gasteiger partial charge in [-0.05, 0) is 31.7 Å². The number of aliphatic hydroxyl groups is 1. The molecule has 0 saturated carbocycles. The van der Waals surface area contributed by atoms with Gasteiger partial charge in [0.25, 0.3) is 0 Å². The number of carbonyl (C=O) groups excluding carboxylic acids is 1. The van der Waals surface area contributed by atoms with Crippen molar-refractivity contribution in [3.63, 3.8) is 0 Å². The van der Waals surface area contributed by atoms with Crippen LogP contribution in [0.15, 0.2) is 24.3 Å². The molecular weight excluding hydrogens is 252 g/mol. The van der Waals surface area contributed by atoms with Crippen molar-refractivity contribution >= 4 is 11.6 Å². The van der Waals surface area contributed by atoms with E-state index in [9.17, 15) is 9.90 Å². The molecule has 2 N–H and O–H groups in total. The molecule has 1 amide bonds. The van der Waals surface area contributed by atoms with Crippen LogP contribution in [0.25, 0.3) is 0 Å². The van der Waals surface area contributed by atoms with Gasteiger partial charge >= 0.3 is 0 Å². The van der Waals surface area contributed by atoms with Gasteiger partial charge in [0.2, 0.25) is 5.91 Å². The van der Waals surface area contributed by atoms with E-state index < -0.39 is 6.10 Å². The number of nitrogens with zero attached hydrogens (tertiary/aromatic N) is 1. The summed E-state index contributed by atoms with van der Waals surface area (Å²) < 4.78 is 0. The number of carbonyl (C=O) groups is 1. The number of piperidine rings is 1. The summed E-state index contributed by atoms with van der Waals surface area (Å²) >= 11 is 0. The molecule has 20 heavy (non-hydrogen) atoms. The van der Waals surface area contributed by atoms with Crippen LogP contribution in [0.1, 0.15) is 44.3 Å². The highest BCUT2D eigenvalue weighted by Gasteiger charge is 2.30. The average Bonchev–Trinajstić information content (AvgIpc) is 2.53. The lowest BCUT2D eigenvalue weighted by atomic mass is 9.97. The zero-order valence-electron chi connectivity index (χ0n) is 12.3. The van der Waals surface area contributed by atoms with Gasteiger partial charge < -0.3 is 15.3 Å². The largest absolute Gasteiger partial charge is 0.388 e. The van der Waals surface area contributed by atoms with Gasteiger partial charge in [0.1, 0.15) is 6.04 Å². The van der Waals surface area contributed by atoms with E-state index in [0.717, 1.165) is 37.1 Å². The maximum atomic E-state index is 12.1. The monoisotopic (exact) mass is 276 g/mol. The number of aliphatic hydroxyl groups excluding tert-OH is 1. The molecule has 2 rings (SSSR count). The van der Waals surface area contributed by atoms with Crippen LogP contribution in [0.5, 0.6) is 0 Å². The van der Waals surface area contributed by atoms with Gasteiger partial charge in [-0.15, -0.1) is 0 Å². The predicted octanol–water partition coefficient (Wildman–Crippen LogP) is 2.23. The fourth-order valence-corrected chi connectivity index (χ4v) is 2.91. The number of likely N-dealkylation sites (N-methyl/N-ethyl adjacent to an activating group) is 1. The van der Waals surface area contributed by atoms with E-state index in [-0.39, 0.29) is 11.9 Å². The van der Waals surface area contributed by atoms with Crippen molar-refractivity contribution in [2.24, 2.45) is 0 Å². The zero-order valence-corrected chi connectivity index (χ0v) is 12.3. The first-order valence-electron chi connectivity index (χ1n) is 7.44. The van der Waals surface area contributed by atoms with Gasteiger partial charge in [-0.3, -0.25) is 4.79 Å². The first-order valence-corrected chi connectivity index (χ1v) is 7.44. The first-order chi connectivity index (χ1) is 9.69. The molecule has 0 spiro atoms. The number of benzene rings is 1. The molecule has 1 aliphatic heterocycles. The molecule has 1 unspecified atom stereocenters. The SMILES string of the molecule is CC[C@H](O)c1ccccc1N1CCCCC1C(=O)NC. The number of hydrogen-bond donors (Lipinski definition) is 2. The third-order valence-corrected chi connectivity index (χ3v) is 4.04. The number of nitrogens with one attached hydrogen (secondary N) is 1. The lowest BCUT2D eigenvalue weighted by molar-refractivity contribution is -0.122. The summed E-state index contributed by atoms with van der Waals surface area (Å²) in [6.45, 7) is 2.83. The second kappa shape index (κ2) is 6.75. The van der Waals surface area contributed by atoms with Crippen molar-refractivity contribution in [1.29, 1.82) is 0 Å². The Labute approximate surface area is 120 Å². The second-order valence-electron chi connectivity index (χ2n) is 5.30. The Kier molecular flexibility index (Phi) is 5.01. The lowest BCUT2D eigenvalue weighted by Gasteiger charge is -2.38. The molecule has 1 saturated heterocycles. The van der Waals surface area contributed by atoms with Crippen LogP contribution in [-0.2, 0) is 4.79 Å². The Bertz CT molecular complexity index is 462. The first kappa shape index (κ1) is 14.9.